The van der Waals surface area contributed by atoms with E-state index < -0.39 is 5.82 Å². The maximum Gasteiger partial charge on any atom is 0.226 e. The predicted molar refractivity (Wildman–Crippen MR) is 152 cm³/mol. The van der Waals surface area contributed by atoms with Gasteiger partial charge in [-0.25, -0.2) is 4.39 Å². The molecule has 8 heteroatoms. The lowest BCUT2D eigenvalue weighted by atomic mass is 9.96. The largest absolute Gasteiger partial charge is 0.352 e. The van der Waals surface area contributed by atoms with Crippen molar-refractivity contribution in [2.24, 2.45) is 0 Å². The molecule has 0 bridgehead atoms. The number of nitrogens with one attached hydrogen (secondary N) is 2. The normalized spacial score (nSPS) is 16.9. The number of benzene rings is 2. The highest BCUT2D eigenvalue weighted by atomic mass is 32.1. The second kappa shape index (κ2) is 10.8. The van der Waals surface area contributed by atoms with E-state index in [1.165, 1.54) is 11.6 Å². The summed E-state index contributed by atoms with van der Waals surface area (Å²) in [4.78, 5) is 19.5. The molecule has 1 aliphatic rings. The van der Waals surface area contributed by atoms with Crippen LogP contribution in [0.15, 0.2) is 79.0 Å². The summed E-state index contributed by atoms with van der Waals surface area (Å²) in [6, 6.07) is 22.3. The molecule has 0 aliphatic carbocycles. The number of carbonyl (C=O) groups is 1. The zero-order valence-electron chi connectivity index (χ0n) is 21.6. The fourth-order valence-corrected chi connectivity index (χ4v) is 5.57. The fraction of sp³-hybridized carbons (Fsp3) is 0.233. The molecule has 2 aromatic carbocycles. The standard InChI is InChI=1S/C30H30FN5OS/c1-19-9-8-10-22(17-19)36-20(2)18-23(21(36)3)29-28(26-13-6-7-15-32-26)34-30(38)35(29)16-14-27(37)33-25-12-5-4-11-24(25)31/h4-13,15,17-18,28-29H,14,16H2,1-3H3,(H,33,37)(H,34,38)/t28-,29-/m0/s1. The number of hydrogen-bond acceptors (Lipinski definition) is 3. The Kier molecular flexibility index (Phi) is 7.24. The molecule has 2 atom stereocenters. The Hall–Kier alpha value is -4.04. The van der Waals surface area contributed by atoms with Crippen molar-refractivity contribution in [1.29, 1.82) is 0 Å². The average Bonchev–Trinajstić information content (AvgIpc) is 3.39. The molecule has 0 radical (unpaired) electrons. The Bertz CT molecular complexity index is 1490. The molecule has 3 heterocycles. The van der Waals surface area contributed by atoms with Gasteiger partial charge in [0, 0.05) is 36.2 Å². The van der Waals surface area contributed by atoms with E-state index >= 15 is 0 Å². The van der Waals surface area contributed by atoms with Gasteiger partial charge in [0.15, 0.2) is 5.11 Å². The Morgan fingerprint density at radius 2 is 1.84 bits per heavy atom. The molecule has 4 aromatic rings. The van der Waals surface area contributed by atoms with E-state index in [1.807, 2.05) is 18.2 Å². The molecule has 0 saturated carbocycles. The van der Waals surface area contributed by atoms with Crippen LogP contribution >= 0.6 is 12.2 Å². The topological polar surface area (TPSA) is 62.2 Å². The number of thiocarbonyl (C=S) groups is 1. The van der Waals surface area contributed by atoms with E-state index in [9.17, 15) is 9.18 Å². The van der Waals surface area contributed by atoms with Gasteiger partial charge in [0.1, 0.15) is 5.82 Å². The number of aryl methyl sites for hydroxylation is 2. The van der Waals surface area contributed by atoms with Gasteiger partial charge < -0.3 is 20.1 Å². The molecular weight excluding hydrogens is 497 g/mol. The second-order valence-electron chi connectivity index (χ2n) is 9.60. The highest BCUT2D eigenvalue weighted by molar-refractivity contribution is 7.80. The average molecular weight is 528 g/mol. The number of hydrogen-bond donors (Lipinski definition) is 2. The molecular formula is C30H30FN5OS. The minimum absolute atomic E-state index is 0.151. The van der Waals surface area contributed by atoms with Gasteiger partial charge in [0.25, 0.3) is 0 Å². The van der Waals surface area contributed by atoms with Gasteiger partial charge >= 0.3 is 0 Å². The van der Waals surface area contributed by atoms with Crippen molar-refractivity contribution in [3.05, 3.63) is 113 Å². The third-order valence-corrected chi connectivity index (χ3v) is 7.33. The van der Waals surface area contributed by atoms with E-state index in [-0.39, 0.29) is 30.1 Å². The predicted octanol–water partition coefficient (Wildman–Crippen LogP) is 5.94. The molecule has 1 aliphatic heterocycles. The Morgan fingerprint density at radius 3 is 2.58 bits per heavy atom. The monoisotopic (exact) mass is 527 g/mol. The minimum atomic E-state index is -0.462. The summed E-state index contributed by atoms with van der Waals surface area (Å²) in [7, 11) is 0. The SMILES string of the molecule is Cc1cccc(-n2c(C)cc([C@H]3[C@H](c4ccccn4)NC(=S)N3CCC(=O)Nc3ccccc3F)c2C)c1. The first kappa shape index (κ1) is 25.6. The lowest BCUT2D eigenvalue weighted by Gasteiger charge is -2.28. The van der Waals surface area contributed by atoms with Crippen molar-refractivity contribution in [3.8, 4) is 5.69 Å². The zero-order valence-corrected chi connectivity index (χ0v) is 22.4. The smallest absolute Gasteiger partial charge is 0.226 e. The van der Waals surface area contributed by atoms with Crippen LogP contribution in [0.4, 0.5) is 10.1 Å². The van der Waals surface area contributed by atoms with Crippen molar-refractivity contribution < 1.29 is 9.18 Å². The van der Waals surface area contributed by atoms with Crippen LogP contribution in [-0.2, 0) is 4.79 Å². The van der Waals surface area contributed by atoms with Crippen molar-refractivity contribution in [2.45, 2.75) is 39.3 Å². The lowest BCUT2D eigenvalue weighted by molar-refractivity contribution is -0.116. The minimum Gasteiger partial charge on any atom is -0.352 e. The van der Waals surface area contributed by atoms with Crippen molar-refractivity contribution in [3.63, 3.8) is 0 Å². The van der Waals surface area contributed by atoms with Crippen LogP contribution in [0.1, 0.15) is 46.7 Å². The summed E-state index contributed by atoms with van der Waals surface area (Å²) in [6.07, 6.45) is 1.93. The Labute approximate surface area is 227 Å². The zero-order chi connectivity index (χ0) is 26.8. The first-order valence-corrected chi connectivity index (χ1v) is 13.0. The van der Waals surface area contributed by atoms with Gasteiger partial charge in [-0.1, -0.05) is 30.3 Å². The van der Waals surface area contributed by atoms with E-state index in [2.05, 4.69) is 76.2 Å². The molecule has 0 spiro atoms. The molecule has 2 N–H and O–H groups in total. The van der Waals surface area contributed by atoms with Crippen molar-refractivity contribution in [2.75, 3.05) is 11.9 Å². The number of halogens is 1. The summed E-state index contributed by atoms with van der Waals surface area (Å²) in [5, 5.41) is 6.69. The second-order valence-corrected chi connectivity index (χ2v) is 9.99. The van der Waals surface area contributed by atoms with E-state index in [0.717, 1.165) is 28.3 Å². The summed E-state index contributed by atoms with van der Waals surface area (Å²) in [5.74, 6) is -0.737. The van der Waals surface area contributed by atoms with Gasteiger partial charge in [-0.05, 0) is 86.6 Å². The number of nitrogens with zero attached hydrogens (tertiary/aromatic N) is 3. The maximum atomic E-state index is 14.1. The Balaban J connectivity index is 1.48. The third kappa shape index (κ3) is 5.04. The molecule has 194 valence electrons. The van der Waals surface area contributed by atoms with Crippen LogP contribution in [-0.4, -0.2) is 32.0 Å². The highest BCUT2D eigenvalue weighted by Crippen LogP contribution is 2.41. The number of amides is 1. The van der Waals surface area contributed by atoms with Crippen LogP contribution in [0, 0.1) is 26.6 Å². The van der Waals surface area contributed by atoms with Gasteiger partial charge in [-0.15, -0.1) is 0 Å². The van der Waals surface area contributed by atoms with E-state index in [0.29, 0.717) is 11.7 Å². The van der Waals surface area contributed by atoms with Crippen LogP contribution in [0.25, 0.3) is 5.69 Å². The quantitative estimate of drug-likeness (QED) is 0.292. The van der Waals surface area contributed by atoms with E-state index in [4.69, 9.17) is 12.2 Å². The molecule has 6 nitrogen and oxygen atoms in total. The van der Waals surface area contributed by atoms with Crippen LogP contribution in [0.5, 0.6) is 0 Å². The molecule has 5 rings (SSSR count). The van der Waals surface area contributed by atoms with E-state index in [1.54, 1.807) is 24.4 Å². The van der Waals surface area contributed by atoms with Crippen molar-refractivity contribution in [1.82, 2.24) is 19.8 Å². The number of anilines is 1. The highest BCUT2D eigenvalue weighted by Gasteiger charge is 2.41. The molecule has 1 fully saturated rings. The van der Waals surface area contributed by atoms with Gasteiger partial charge in [-0.3, -0.25) is 9.78 Å². The lowest BCUT2D eigenvalue weighted by Crippen LogP contribution is -2.33. The summed E-state index contributed by atoms with van der Waals surface area (Å²) in [6.45, 7) is 6.67. The fourth-order valence-electron chi connectivity index (χ4n) is 5.23. The number of para-hydroxylation sites is 1. The van der Waals surface area contributed by atoms with Crippen LogP contribution in [0.2, 0.25) is 0 Å². The van der Waals surface area contributed by atoms with Gasteiger partial charge in [0.2, 0.25) is 5.91 Å². The molecule has 0 unspecified atom stereocenters. The molecule has 1 saturated heterocycles. The van der Waals surface area contributed by atoms with Crippen LogP contribution < -0.4 is 10.6 Å². The van der Waals surface area contributed by atoms with Gasteiger partial charge in [-0.2, -0.15) is 0 Å². The van der Waals surface area contributed by atoms with Crippen molar-refractivity contribution >= 4 is 28.9 Å². The number of pyridine rings is 1. The number of rotatable bonds is 7. The van der Waals surface area contributed by atoms with Gasteiger partial charge in [0.05, 0.1) is 23.5 Å². The van der Waals surface area contributed by atoms with Crippen LogP contribution in [0.3, 0.4) is 0 Å². The third-order valence-electron chi connectivity index (χ3n) is 6.97. The molecule has 38 heavy (non-hydrogen) atoms. The number of carbonyl (C=O) groups excluding carboxylic acids is 1. The maximum absolute atomic E-state index is 14.1. The Morgan fingerprint density at radius 1 is 1.05 bits per heavy atom. The first-order valence-electron chi connectivity index (χ1n) is 12.6. The molecule has 1 amide bonds. The first-order chi connectivity index (χ1) is 18.3. The number of aromatic nitrogens is 2. The summed E-state index contributed by atoms with van der Waals surface area (Å²) in [5.41, 5.74) is 6.66. The summed E-state index contributed by atoms with van der Waals surface area (Å²) >= 11 is 5.78. The summed E-state index contributed by atoms with van der Waals surface area (Å²) < 4.78 is 16.3. The molecule has 2 aromatic heterocycles.